The Bertz CT molecular complexity index is 1080. The quantitative estimate of drug-likeness (QED) is 0.674. The zero-order chi connectivity index (χ0) is 23.0. The first-order valence-corrected chi connectivity index (χ1v) is 10.6. The number of carbonyl (C=O) groups excluding carboxylic acids is 1. The average molecular weight is 466 g/mol. The van der Waals surface area contributed by atoms with Crippen LogP contribution in [0.3, 0.4) is 0 Å². The molecule has 1 N–H and O–H groups in total. The molecule has 0 aliphatic heterocycles. The fraction of sp³-hybridized carbons (Fsp3) is 0.368. The standard InChI is InChI=1S/C19H16F6N2O3S/c20-18(21,22)12-2-1-3-14(8-12)31(29,30)15-6-11(7-15)10-27-17(28)16-9-13(4-5-26-16)19(23,24)25/h1-5,8-9,11,15H,6-7,10H2,(H,27,28)/t11-,15-. The van der Waals surface area contributed by atoms with E-state index in [1.54, 1.807) is 0 Å². The molecular formula is C19H16F6N2O3S. The lowest BCUT2D eigenvalue weighted by atomic mass is 9.85. The SMILES string of the molecule is O=C(NC[C@H]1C[C@H](S(=O)(=O)c2cccc(C(F)(F)F)c2)C1)c1cc(C(F)(F)F)ccn1. The molecule has 0 bridgehead atoms. The Balaban J connectivity index is 1.58. The van der Waals surface area contributed by atoms with Gasteiger partial charge in [0.15, 0.2) is 9.84 Å². The van der Waals surface area contributed by atoms with Gasteiger partial charge in [0.2, 0.25) is 0 Å². The van der Waals surface area contributed by atoms with Crippen molar-refractivity contribution in [3.63, 3.8) is 0 Å². The van der Waals surface area contributed by atoms with Gasteiger partial charge < -0.3 is 5.32 Å². The molecular weight excluding hydrogens is 450 g/mol. The van der Waals surface area contributed by atoms with Crippen molar-refractivity contribution in [2.45, 2.75) is 35.3 Å². The van der Waals surface area contributed by atoms with Crippen LogP contribution in [0.2, 0.25) is 0 Å². The smallest absolute Gasteiger partial charge is 0.350 e. The largest absolute Gasteiger partial charge is 0.416 e. The molecule has 168 valence electrons. The molecule has 0 radical (unpaired) electrons. The van der Waals surface area contributed by atoms with E-state index in [2.05, 4.69) is 10.3 Å². The number of amides is 1. The number of benzene rings is 1. The normalized spacial score (nSPS) is 19.5. The summed E-state index contributed by atoms with van der Waals surface area (Å²) >= 11 is 0. The molecule has 0 saturated heterocycles. The summed E-state index contributed by atoms with van der Waals surface area (Å²) in [4.78, 5) is 15.2. The summed E-state index contributed by atoms with van der Waals surface area (Å²) in [6.07, 6.45) is -8.23. The molecule has 5 nitrogen and oxygen atoms in total. The molecule has 3 rings (SSSR count). The van der Waals surface area contributed by atoms with Crippen LogP contribution in [0.5, 0.6) is 0 Å². The third kappa shape index (κ3) is 5.17. The van der Waals surface area contributed by atoms with E-state index in [1.807, 2.05) is 0 Å². The minimum Gasteiger partial charge on any atom is -0.350 e. The number of nitrogens with one attached hydrogen (secondary N) is 1. The molecule has 1 aromatic carbocycles. The molecule has 12 heteroatoms. The van der Waals surface area contributed by atoms with E-state index >= 15 is 0 Å². The van der Waals surface area contributed by atoms with E-state index < -0.39 is 55.1 Å². The Kier molecular flexibility index (Phi) is 6.05. The minimum atomic E-state index is -4.67. The van der Waals surface area contributed by atoms with Crippen molar-refractivity contribution in [1.82, 2.24) is 10.3 Å². The number of alkyl halides is 6. The van der Waals surface area contributed by atoms with E-state index in [-0.39, 0.29) is 25.3 Å². The van der Waals surface area contributed by atoms with Gasteiger partial charge in [0.25, 0.3) is 5.91 Å². The lowest BCUT2D eigenvalue weighted by Gasteiger charge is -2.35. The highest BCUT2D eigenvalue weighted by Gasteiger charge is 2.40. The number of carbonyl (C=O) groups is 1. The molecule has 2 aromatic rings. The fourth-order valence-electron chi connectivity index (χ4n) is 3.20. The summed E-state index contributed by atoms with van der Waals surface area (Å²) in [6, 6.07) is 4.82. The molecule has 1 aromatic heterocycles. The Morgan fingerprint density at radius 2 is 1.61 bits per heavy atom. The van der Waals surface area contributed by atoms with E-state index in [9.17, 15) is 39.6 Å². The minimum absolute atomic E-state index is 0.00533. The first-order valence-electron chi connectivity index (χ1n) is 9.01. The highest BCUT2D eigenvalue weighted by Crippen LogP contribution is 2.38. The maximum Gasteiger partial charge on any atom is 0.416 e. The van der Waals surface area contributed by atoms with Crippen molar-refractivity contribution >= 4 is 15.7 Å². The Hall–Kier alpha value is -2.63. The third-order valence-corrected chi connectivity index (χ3v) is 7.17. The molecule has 31 heavy (non-hydrogen) atoms. The molecule has 1 aliphatic carbocycles. The topological polar surface area (TPSA) is 76.1 Å². The van der Waals surface area contributed by atoms with Crippen LogP contribution in [0.1, 0.15) is 34.5 Å². The third-order valence-electron chi connectivity index (χ3n) is 4.99. The number of aromatic nitrogens is 1. The Labute approximate surface area is 173 Å². The molecule has 1 saturated carbocycles. The van der Waals surface area contributed by atoms with Gasteiger partial charge in [-0.1, -0.05) is 6.07 Å². The summed E-state index contributed by atoms with van der Waals surface area (Å²) in [6.45, 7) is 0.00533. The van der Waals surface area contributed by atoms with Crippen LogP contribution < -0.4 is 5.32 Å². The van der Waals surface area contributed by atoms with Crippen molar-refractivity contribution < 1.29 is 39.6 Å². The van der Waals surface area contributed by atoms with Crippen LogP contribution in [-0.2, 0) is 22.2 Å². The summed E-state index contributed by atoms with van der Waals surface area (Å²) in [5, 5.41) is 1.51. The van der Waals surface area contributed by atoms with Crippen LogP contribution in [-0.4, -0.2) is 31.1 Å². The predicted octanol–water partition coefficient (Wildman–Crippen LogP) is 4.10. The van der Waals surface area contributed by atoms with Gasteiger partial charge in [0.05, 0.1) is 21.3 Å². The number of hydrogen-bond acceptors (Lipinski definition) is 4. The lowest BCUT2D eigenvalue weighted by molar-refractivity contribution is -0.138. The van der Waals surface area contributed by atoms with Gasteiger partial charge in [-0.05, 0) is 49.1 Å². The molecule has 0 spiro atoms. The molecule has 1 aliphatic rings. The van der Waals surface area contributed by atoms with Gasteiger partial charge >= 0.3 is 12.4 Å². The van der Waals surface area contributed by atoms with Gasteiger partial charge in [-0.15, -0.1) is 0 Å². The van der Waals surface area contributed by atoms with E-state index in [0.29, 0.717) is 12.1 Å². The monoisotopic (exact) mass is 466 g/mol. The zero-order valence-electron chi connectivity index (χ0n) is 15.7. The first-order chi connectivity index (χ1) is 14.3. The molecule has 1 fully saturated rings. The summed E-state index contributed by atoms with van der Waals surface area (Å²) < 4.78 is 102. The number of nitrogens with zero attached hydrogens (tertiary/aromatic N) is 1. The van der Waals surface area contributed by atoms with Crippen LogP contribution in [0.15, 0.2) is 47.5 Å². The van der Waals surface area contributed by atoms with Gasteiger partial charge in [0.1, 0.15) is 5.69 Å². The number of hydrogen-bond donors (Lipinski definition) is 1. The summed E-state index contributed by atoms with van der Waals surface area (Å²) in [5.74, 6) is -1.12. The van der Waals surface area contributed by atoms with Crippen LogP contribution in [0.25, 0.3) is 0 Å². The van der Waals surface area contributed by atoms with Crippen molar-refractivity contribution in [2.75, 3.05) is 6.54 Å². The summed E-state index contributed by atoms with van der Waals surface area (Å²) in [5.41, 5.74) is -2.52. The second-order valence-electron chi connectivity index (χ2n) is 7.17. The highest BCUT2D eigenvalue weighted by molar-refractivity contribution is 7.92. The van der Waals surface area contributed by atoms with Crippen LogP contribution >= 0.6 is 0 Å². The molecule has 0 unspecified atom stereocenters. The van der Waals surface area contributed by atoms with E-state index in [0.717, 1.165) is 30.5 Å². The van der Waals surface area contributed by atoms with Crippen molar-refractivity contribution in [1.29, 1.82) is 0 Å². The molecule has 1 heterocycles. The maximum absolute atomic E-state index is 12.8. The summed E-state index contributed by atoms with van der Waals surface area (Å²) in [7, 11) is -3.98. The Morgan fingerprint density at radius 1 is 1.00 bits per heavy atom. The fourth-order valence-corrected chi connectivity index (χ4v) is 5.19. The first kappa shape index (κ1) is 23.0. The average Bonchev–Trinajstić information content (AvgIpc) is 2.65. The van der Waals surface area contributed by atoms with Crippen LogP contribution in [0, 0.1) is 5.92 Å². The number of sulfone groups is 1. The lowest BCUT2D eigenvalue weighted by Crippen LogP contribution is -2.42. The van der Waals surface area contributed by atoms with Crippen molar-refractivity contribution in [2.24, 2.45) is 5.92 Å². The van der Waals surface area contributed by atoms with Crippen molar-refractivity contribution in [3.05, 3.63) is 59.4 Å². The van der Waals surface area contributed by atoms with E-state index in [1.165, 1.54) is 0 Å². The second kappa shape index (κ2) is 8.13. The second-order valence-corrected chi connectivity index (χ2v) is 9.40. The molecule has 0 atom stereocenters. The zero-order valence-corrected chi connectivity index (χ0v) is 16.5. The maximum atomic E-state index is 12.8. The number of halogens is 6. The van der Waals surface area contributed by atoms with Gasteiger partial charge in [0, 0.05) is 12.7 Å². The van der Waals surface area contributed by atoms with Gasteiger partial charge in [-0.2, -0.15) is 26.3 Å². The van der Waals surface area contributed by atoms with Crippen molar-refractivity contribution in [3.8, 4) is 0 Å². The highest BCUT2D eigenvalue weighted by atomic mass is 32.2. The molecule has 1 amide bonds. The van der Waals surface area contributed by atoms with Gasteiger partial charge in [-0.25, -0.2) is 8.42 Å². The Morgan fingerprint density at radius 3 is 2.23 bits per heavy atom. The van der Waals surface area contributed by atoms with E-state index in [4.69, 9.17) is 0 Å². The van der Waals surface area contributed by atoms with Gasteiger partial charge in [-0.3, -0.25) is 9.78 Å². The predicted molar refractivity (Wildman–Crippen MR) is 96.7 cm³/mol. The van der Waals surface area contributed by atoms with Crippen LogP contribution in [0.4, 0.5) is 26.3 Å². The number of rotatable bonds is 5. The number of pyridine rings is 1.